The monoisotopic (exact) mass is 248 g/mol. The van der Waals surface area contributed by atoms with E-state index in [4.69, 9.17) is 18.0 Å². The molecular weight excluding hydrogens is 224 g/mol. The van der Waals surface area contributed by atoms with Crippen molar-refractivity contribution in [2.45, 2.75) is 51.4 Å². The molecule has 0 N–H and O–H groups in total. The number of epoxide rings is 1. The summed E-state index contributed by atoms with van der Waals surface area (Å²) >= 11 is 0. The van der Waals surface area contributed by atoms with Gasteiger partial charge < -0.3 is 18.0 Å². The smallest absolute Gasteiger partial charge is 0.377 e. The fourth-order valence-corrected chi connectivity index (χ4v) is 4.04. The molecule has 16 heavy (non-hydrogen) atoms. The van der Waals surface area contributed by atoms with Gasteiger partial charge in [-0.25, -0.2) is 0 Å². The van der Waals surface area contributed by atoms with Crippen LogP contribution < -0.4 is 0 Å². The van der Waals surface area contributed by atoms with Gasteiger partial charge in [0, 0.05) is 26.4 Å². The van der Waals surface area contributed by atoms with E-state index in [2.05, 4.69) is 0 Å². The molecule has 4 nitrogen and oxygen atoms in total. The van der Waals surface area contributed by atoms with Gasteiger partial charge in [-0.3, -0.25) is 0 Å². The Bertz CT molecular complexity index is 190. The lowest BCUT2D eigenvalue weighted by atomic mass is 10.2. The van der Waals surface area contributed by atoms with Gasteiger partial charge in [-0.05, 0) is 26.7 Å². The lowest BCUT2D eigenvalue weighted by Gasteiger charge is -2.28. The minimum atomic E-state index is -2.40. The zero-order valence-electron chi connectivity index (χ0n) is 10.8. The maximum Gasteiger partial charge on any atom is 0.500 e. The van der Waals surface area contributed by atoms with Crippen molar-refractivity contribution in [3.8, 4) is 0 Å². The third kappa shape index (κ3) is 4.93. The van der Waals surface area contributed by atoms with Crippen molar-refractivity contribution in [1.82, 2.24) is 0 Å². The van der Waals surface area contributed by atoms with Crippen LogP contribution in [0.25, 0.3) is 0 Å². The molecule has 0 saturated carbocycles. The van der Waals surface area contributed by atoms with Gasteiger partial charge in [0.15, 0.2) is 0 Å². The Hall–Kier alpha value is 0.0569. The van der Waals surface area contributed by atoms with Crippen LogP contribution in [0.3, 0.4) is 0 Å². The van der Waals surface area contributed by atoms with E-state index < -0.39 is 8.80 Å². The fourth-order valence-electron chi connectivity index (χ4n) is 1.75. The molecule has 1 saturated heterocycles. The first-order chi connectivity index (χ1) is 7.62. The lowest BCUT2D eigenvalue weighted by Crippen LogP contribution is -2.45. The number of rotatable bonds is 9. The number of hydrogen-bond donors (Lipinski definition) is 0. The van der Waals surface area contributed by atoms with E-state index in [1.165, 1.54) is 0 Å². The number of hydrogen-bond acceptors (Lipinski definition) is 4. The van der Waals surface area contributed by atoms with Crippen LogP contribution in [0.15, 0.2) is 0 Å². The molecule has 0 spiro atoms. The Morgan fingerprint density at radius 1 is 1.25 bits per heavy atom. The highest BCUT2D eigenvalue weighted by Crippen LogP contribution is 2.22. The average molecular weight is 248 g/mol. The third-order valence-corrected chi connectivity index (χ3v) is 5.74. The summed E-state index contributed by atoms with van der Waals surface area (Å²) in [5.74, 6) is 0. The van der Waals surface area contributed by atoms with Crippen LogP contribution in [-0.2, 0) is 18.0 Å². The van der Waals surface area contributed by atoms with Gasteiger partial charge in [0.2, 0.25) is 0 Å². The van der Waals surface area contributed by atoms with Crippen molar-refractivity contribution in [2.75, 3.05) is 20.8 Å². The van der Waals surface area contributed by atoms with Crippen molar-refractivity contribution in [3.05, 3.63) is 0 Å². The standard InChI is InChI=1S/C11H24O4Si/c1-10(2)15-16(12-3,13-4)8-6-5-7-11-9-14-11/h10-11H,5-9H2,1-4H3. The average Bonchev–Trinajstić information content (AvgIpc) is 3.06. The van der Waals surface area contributed by atoms with E-state index in [1.54, 1.807) is 14.2 Å². The van der Waals surface area contributed by atoms with Gasteiger partial charge in [-0.2, -0.15) is 0 Å². The van der Waals surface area contributed by atoms with Crippen molar-refractivity contribution in [2.24, 2.45) is 0 Å². The third-order valence-electron chi connectivity index (χ3n) is 2.70. The Morgan fingerprint density at radius 2 is 1.88 bits per heavy atom. The molecule has 5 heteroatoms. The fraction of sp³-hybridized carbons (Fsp3) is 1.00. The molecule has 1 atom stereocenters. The summed E-state index contributed by atoms with van der Waals surface area (Å²) in [4.78, 5) is 0. The van der Waals surface area contributed by atoms with Crippen molar-refractivity contribution < 1.29 is 18.0 Å². The predicted octanol–water partition coefficient (Wildman–Crippen LogP) is 2.21. The van der Waals surface area contributed by atoms with E-state index in [0.717, 1.165) is 31.9 Å². The Balaban J connectivity index is 2.23. The molecule has 0 aromatic carbocycles. The maximum absolute atomic E-state index is 5.82. The molecule has 1 aliphatic rings. The van der Waals surface area contributed by atoms with Gasteiger partial charge in [0.1, 0.15) is 0 Å². The van der Waals surface area contributed by atoms with Crippen molar-refractivity contribution >= 4 is 8.80 Å². The largest absolute Gasteiger partial charge is 0.500 e. The van der Waals surface area contributed by atoms with Crippen LogP contribution in [-0.4, -0.2) is 41.8 Å². The molecule has 1 fully saturated rings. The summed E-state index contributed by atoms with van der Waals surface area (Å²) < 4.78 is 22.0. The number of ether oxygens (including phenoxy) is 1. The SMILES string of the molecule is CO[Si](CCCCC1CO1)(OC)OC(C)C. The Kier molecular flexibility index (Phi) is 5.92. The lowest BCUT2D eigenvalue weighted by molar-refractivity contribution is 0.0693. The summed E-state index contributed by atoms with van der Waals surface area (Å²) in [5, 5.41) is 0. The van der Waals surface area contributed by atoms with E-state index in [0.29, 0.717) is 6.10 Å². The van der Waals surface area contributed by atoms with Crippen LogP contribution in [0.2, 0.25) is 6.04 Å². The summed E-state index contributed by atoms with van der Waals surface area (Å²) in [5.41, 5.74) is 0. The van der Waals surface area contributed by atoms with Gasteiger partial charge in [-0.15, -0.1) is 0 Å². The zero-order chi connectivity index (χ0) is 12.0. The molecule has 1 aliphatic heterocycles. The molecule has 0 aliphatic carbocycles. The predicted molar refractivity (Wildman–Crippen MR) is 64.4 cm³/mol. The molecular formula is C11H24O4Si. The van der Waals surface area contributed by atoms with Gasteiger partial charge in [0.05, 0.1) is 12.7 Å². The molecule has 0 radical (unpaired) electrons. The van der Waals surface area contributed by atoms with Crippen LogP contribution >= 0.6 is 0 Å². The van der Waals surface area contributed by atoms with Gasteiger partial charge in [-0.1, -0.05) is 6.42 Å². The van der Waals surface area contributed by atoms with Crippen LogP contribution in [0.5, 0.6) is 0 Å². The molecule has 1 heterocycles. The second-order valence-electron chi connectivity index (χ2n) is 4.46. The Labute approximate surface area is 99.6 Å². The van der Waals surface area contributed by atoms with Crippen molar-refractivity contribution in [3.63, 3.8) is 0 Å². The van der Waals surface area contributed by atoms with Crippen molar-refractivity contribution in [1.29, 1.82) is 0 Å². The quantitative estimate of drug-likeness (QED) is 0.356. The first-order valence-corrected chi connectivity index (χ1v) is 7.95. The molecule has 1 unspecified atom stereocenters. The van der Waals surface area contributed by atoms with E-state index in [9.17, 15) is 0 Å². The topological polar surface area (TPSA) is 40.2 Å². The summed E-state index contributed by atoms with van der Waals surface area (Å²) in [6.45, 7) is 4.97. The first-order valence-electron chi connectivity index (χ1n) is 6.01. The number of unbranched alkanes of at least 4 members (excludes halogenated alkanes) is 1. The normalized spacial score (nSPS) is 20.4. The molecule has 0 aromatic heterocycles. The zero-order valence-corrected chi connectivity index (χ0v) is 11.8. The molecule has 1 rings (SSSR count). The molecule has 0 aromatic rings. The highest BCUT2D eigenvalue weighted by molar-refractivity contribution is 6.60. The van der Waals surface area contributed by atoms with E-state index in [-0.39, 0.29) is 6.10 Å². The maximum atomic E-state index is 5.82. The highest BCUT2D eigenvalue weighted by atomic mass is 28.4. The molecule has 0 bridgehead atoms. The molecule has 0 amide bonds. The first kappa shape index (κ1) is 14.1. The Morgan fingerprint density at radius 3 is 2.31 bits per heavy atom. The highest BCUT2D eigenvalue weighted by Gasteiger charge is 2.39. The van der Waals surface area contributed by atoms with Gasteiger partial charge in [0.25, 0.3) is 0 Å². The summed E-state index contributed by atoms with van der Waals surface area (Å²) in [6, 6.07) is 0.894. The molecule has 96 valence electrons. The van der Waals surface area contributed by atoms with Crippen LogP contribution in [0.1, 0.15) is 33.1 Å². The van der Waals surface area contributed by atoms with Crippen LogP contribution in [0.4, 0.5) is 0 Å². The van der Waals surface area contributed by atoms with E-state index in [1.807, 2.05) is 13.8 Å². The minimum absolute atomic E-state index is 0.151. The second-order valence-corrected chi connectivity index (χ2v) is 7.38. The minimum Gasteiger partial charge on any atom is -0.377 e. The van der Waals surface area contributed by atoms with E-state index >= 15 is 0 Å². The summed E-state index contributed by atoms with van der Waals surface area (Å²) in [7, 11) is 0.966. The van der Waals surface area contributed by atoms with Crippen LogP contribution in [0, 0.1) is 0 Å². The summed E-state index contributed by atoms with van der Waals surface area (Å²) in [6.07, 6.45) is 4.07. The second kappa shape index (κ2) is 6.71. The van der Waals surface area contributed by atoms with Gasteiger partial charge >= 0.3 is 8.80 Å².